The Morgan fingerprint density at radius 1 is 1.50 bits per heavy atom. The molecule has 0 radical (unpaired) electrons. The molecule has 1 aromatic heterocycles. The predicted octanol–water partition coefficient (Wildman–Crippen LogP) is 2.81. The quantitative estimate of drug-likeness (QED) is 0.629. The highest BCUT2D eigenvalue weighted by molar-refractivity contribution is 9.10. The van der Waals surface area contributed by atoms with Crippen LogP contribution >= 0.6 is 15.9 Å². The fraction of sp³-hybridized carbons (Fsp3) is 0.500. The van der Waals surface area contributed by atoms with E-state index in [4.69, 9.17) is 0 Å². The van der Waals surface area contributed by atoms with Gasteiger partial charge in [0.05, 0.1) is 14.8 Å². The third kappa shape index (κ3) is 2.74. The van der Waals surface area contributed by atoms with Crippen LogP contribution in [0.4, 0.5) is 11.4 Å². The molecule has 1 aromatic rings. The highest BCUT2D eigenvalue weighted by atomic mass is 79.9. The Morgan fingerprint density at radius 2 is 2.15 bits per heavy atom. The van der Waals surface area contributed by atoms with Gasteiger partial charge in [0.15, 0.2) is 0 Å². The van der Waals surface area contributed by atoms with Crippen LogP contribution < -0.4 is 5.32 Å². The lowest BCUT2D eigenvalue weighted by Crippen LogP contribution is -2.35. The van der Waals surface area contributed by atoms with Gasteiger partial charge in [-0.1, -0.05) is 12.8 Å². The molecule has 0 bridgehead atoms. The second-order valence-electron chi connectivity index (χ2n) is 4.92. The van der Waals surface area contributed by atoms with E-state index in [0.29, 0.717) is 17.3 Å². The number of nitro groups is 1. The van der Waals surface area contributed by atoms with Crippen molar-refractivity contribution >= 4 is 33.3 Å². The van der Waals surface area contributed by atoms with Gasteiger partial charge in [-0.25, -0.2) is 0 Å². The molecule has 8 heteroatoms. The molecule has 1 saturated carbocycles. The Kier molecular flexibility index (Phi) is 4.22. The minimum atomic E-state index is -0.852. The molecule has 0 aromatic carbocycles. The first kappa shape index (κ1) is 14.7. The zero-order chi connectivity index (χ0) is 14.8. The molecule has 1 heterocycles. The van der Waals surface area contributed by atoms with Crippen LogP contribution in [-0.2, 0) is 4.79 Å². The van der Waals surface area contributed by atoms with Gasteiger partial charge in [0.1, 0.15) is 11.9 Å². The summed E-state index contributed by atoms with van der Waals surface area (Å²) >= 11 is 3.20. The number of hydrogen-bond acceptors (Lipinski definition) is 5. The lowest BCUT2D eigenvalue weighted by Gasteiger charge is -2.24. The minimum Gasteiger partial charge on any atom is -0.481 e. The van der Waals surface area contributed by atoms with Crippen molar-refractivity contribution in [3.05, 3.63) is 27.0 Å². The first-order chi connectivity index (χ1) is 9.46. The number of carboxylic acid groups (broad SMARTS) is 1. The van der Waals surface area contributed by atoms with Gasteiger partial charge in [0, 0.05) is 12.7 Å². The zero-order valence-electron chi connectivity index (χ0n) is 10.6. The fourth-order valence-electron chi connectivity index (χ4n) is 2.51. The van der Waals surface area contributed by atoms with E-state index in [0.717, 1.165) is 19.0 Å². The number of nitrogens with one attached hydrogen (secondary N) is 1. The van der Waals surface area contributed by atoms with Crippen LogP contribution in [0.5, 0.6) is 0 Å². The monoisotopic (exact) mass is 343 g/mol. The number of hydrogen-bond donors (Lipinski definition) is 2. The number of nitrogens with zero attached hydrogens (tertiary/aromatic N) is 2. The van der Waals surface area contributed by atoms with E-state index < -0.39 is 16.3 Å². The average molecular weight is 344 g/mol. The van der Waals surface area contributed by atoms with E-state index in [-0.39, 0.29) is 17.9 Å². The number of carbonyl (C=O) groups is 1. The van der Waals surface area contributed by atoms with Crippen molar-refractivity contribution in [3.63, 3.8) is 0 Å². The number of aromatic nitrogens is 1. The Labute approximate surface area is 123 Å². The Morgan fingerprint density at radius 3 is 2.70 bits per heavy atom. The van der Waals surface area contributed by atoms with Crippen LogP contribution in [0.15, 0.2) is 16.9 Å². The largest absolute Gasteiger partial charge is 0.481 e. The number of halogens is 1. The second-order valence-corrected chi connectivity index (χ2v) is 5.77. The summed E-state index contributed by atoms with van der Waals surface area (Å²) in [5.74, 6) is -0.852. The molecule has 1 aliphatic carbocycles. The zero-order valence-corrected chi connectivity index (χ0v) is 12.2. The fourth-order valence-corrected chi connectivity index (χ4v) is 2.98. The molecule has 0 amide bonds. The molecular weight excluding hydrogens is 330 g/mol. The van der Waals surface area contributed by atoms with Crippen LogP contribution in [-0.4, -0.2) is 27.5 Å². The number of pyridine rings is 1. The standard InChI is InChI=1S/C12H14BrN3O4/c13-8-5-14-6-9(16(19)20)10(8)15-7-12(11(17)18)3-1-2-4-12/h5-6H,1-4,7H2,(H,14,15)(H,17,18). The SMILES string of the molecule is O=C(O)C1(CNc2c(Br)cncc2[N+](=O)[O-])CCCC1. The molecule has 108 valence electrons. The summed E-state index contributed by atoms with van der Waals surface area (Å²) in [4.78, 5) is 25.6. The summed E-state index contributed by atoms with van der Waals surface area (Å²) in [5, 5.41) is 23.3. The molecule has 0 spiro atoms. The van der Waals surface area contributed by atoms with Crippen LogP contribution in [0.25, 0.3) is 0 Å². The summed E-state index contributed by atoms with van der Waals surface area (Å²) < 4.78 is 0.449. The van der Waals surface area contributed by atoms with Crippen molar-refractivity contribution in [2.45, 2.75) is 25.7 Å². The first-order valence-corrected chi connectivity index (χ1v) is 7.01. The van der Waals surface area contributed by atoms with Crippen molar-refractivity contribution < 1.29 is 14.8 Å². The number of anilines is 1. The normalized spacial score (nSPS) is 16.9. The van der Waals surface area contributed by atoms with Gasteiger partial charge >= 0.3 is 11.7 Å². The molecule has 1 aliphatic rings. The van der Waals surface area contributed by atoms with Gasteiger partial charge in [-0.2, -0.15) is 0 Å². The van der Waals surface area contributed by atoms with Gasteiger partial charge in [-0.3, -0.25) is 19.9 Å². The molecule has 0 aliphatic heterocycles. The van der Waals surface area contributed by atoms with Gasteiger partial charge < -0.3 is 10.4 Å². The summed E-state index contributed by atoms with van der Waals surface area (Å²) in [6, 6.07) is 0. The summed E-state index contributed by atoms with van der Waals surface area (Å²) in [7, 11) is 0. The van der Waals surface area contributed by atoms with E-state index in [1.807, 2.05) is 0 Å². The lowest BCUT2D eigenvalue weighted by atomic mass is 9.86. The lowest BCUT2D eigenvalue weighted by molar-refractivity contribution is -0.384. The highest BCUT2D eigenvalue weighted by Gasteiger charge is 2.41. The maximum absolute atomic E-state index is 11.5. The van der Waals surface area contributed by atoms with E-state index in [1.165, 1.54) is 6.20 Å². The van der Waals surface area contributed by atoms with E-state index >= 15 is 0 Å². The molecule has 0 saturated heterocycles. The summed E-state index contributed by atoms with van der Waals surface area (Å²) in [5.41, 5.74) is -0.730. The molecule has 2 N–H and O–H groups in total. The Balaban J connectivity index is 2.22. The number of carboxylic acids is 1. The number of rotatable bonds is 5. The maximum Gasteiger partial charge on any atom is 0.311 e. The molecule has 1 fully saturated rings. The highest BCUT2D eigenvalue weighted by Crippen LogP contribution is 2.40. The summed E-state index contributed by atoms with van der Waals surface area (Å²) in [6.45, 7) is 0.172. The van der Waals surface area contributed by atoms with E-state index in [1.54, 1.807) is 0 Å². The summed E-state index contributed by atoms with van der Waals surface area (Å²) in [6.07, 6.45) is 5.51. The second kappa shape index (κ2) is 5.74. The minimum absolute atomic E-state index is 0.169. The average Bonchev–Trinajstić information content (AvgIpc) is 2.87. The van der Waals surface area contributed by atoms with Gasteiger partial charge in [-0.05, 0) is 28.8 Å². The molecule has 0 unspecified atom stereocenters. The van der Waals surface area contributed by atoms with Crippen molar-refractivity contribution in [2.75, 3.05) is 11.9 Å². The van der Waals surface area contributed by atoms with Gasteiger partial charge in [0.25, 0.3) is 0 Å². The predicted molar refractivity (Wildman–Crippen MR) is 75.6 cm³/mol. The van der Waals surface area contributed by atoms with Crippen LogP contribution in [0, 0.1) is 15.5 Å². The first-order valence-electron chi connectivity index (χ1n) is 6.21. The molecule has 20 heavy (non-hydrogen) atoms. The van der Waals surface area contributed by atoms with Crippen LogP contribution in [0.2, 0.25) is 0 Å². The van der Waals surface area contributed by atoms with Crippen molar-refractivity contribution in [2.24, 2.45) is 5.41 Å². The van der Waals surface area contributed by atoms with Crippen LogP contribution in [0.3, 0.4) is 0 Å². The van der Waals surface area contributed by atoms with Crippen molar-refractivity contribution in [3.8, 4) is 0 Å². The van der Waals surface area contributed by atoms with Crippen LogP contribution in [0.1, 0.15) is 25.7 Å². The smallest absolute Gasteiger partial charge is 0.311 e. The molecular formula is C12H14BrN3O4. The Bertz CT molecular complexity index is 544. The molecule has 7 nitrogen and oxygen atoms in total. The Hall–Kier alpha value is -1.70. The van der Waals surface area contributed by atoms with E-state index in [9.17, 15) is 20.0 Å². The topological polar surface area (TPSA) is 105 Å². The van der Waals surface area contributed by atoms with Crippen molar-refractivity contribution in [1.82, 2.24) is 4.98 Å². The van der Waals surface area contributed by atoms with Gasteiger partial charge in [-0.15, -0.1) is 0 Å². The molecule has 0 atom stereocenters. The maximum atomic E-state index is 11.5. The molecule has 2 rings (SSSR count). The van der Waals surface area contributed by atoms with E-state index in [2.05, 4.69) is 26.2 Å². The van der Waals surface area contributed by atoms with Gasteiger partial charge in [0.2, 0.25) is 0 Å². The third-order valence-electron chi connectivity index (χ3n) is 3.69. The van der Waals surface area contributed by atoms with Crippen molar-refractivity contribution in [1.29, 1.82) is 0 Å². The third-order valence-corrected chi connectivity index (χ3v) is 4.30. The number of aliphatic carboxylic acids is 1.